The first-order valence-electron chi connectivity index (χ1n) is 5.36. The number of nitrogens with two attached hydrogens (primary N) is 1. The fourth-order valence-electron chi connectivity index (χ4n) is 1.32. The highest BCUT2D eigenvalue weighted by molar-refractivity contribution is 5.89. The van der Waals surface area contributed by atoms with E-state index in [0.717, 1.165) is 0 Å². The number of rotatable bonds is 5. The fraction of sp³-hybridized carbons (Fsp3) is 0.818. The molecule has 0 aliphatic heterocycles. The molecule has 0 saturated heterocycles. The van der Waals surface area contributed by atoms with Gasteiger partial charge in [0.2, 0.25) is 5.91 Å². The lowest BCUT2D eigenvalue weighted by molar-refractivity contribution is -0.149. The molecule has 0 aromatic heterocycles. The predicted molar refractivity (Wildman–Crippen MR) is 61.7 cm³/mol. The molecular weight excluding hydrogens is 208 g/mol. The minimum atomic E-state index is -1.04. The van der Waals surface area contributed by atoms with E-state index in [9.17, 15) is 9.59 Å². The standard InChI is InChI=1S/C11H22N2O3/c1-7(2)6-8(12)9(14)13-11(3,4)10(15)16-5/h7-8H,6,12H2,1-5H3,(H,13,14)/t8-/m0/s1. The van der Waals surface area contributed by atoms with Crippen LogP contribution in [0.15, 0.2) is 0 Å². The van der Waals surface area contributed by atoms with E-state index in [0.29, 0.717) is 12.3 Å². The minimum absolute atomic E-state index is 0.330. The van der Waals surface area contributed by atoms with Gasteiger partial charge >= 0.3 is 5.97 Å². The summed E-state index contributed by atoms with van der Waals surface area (Å²) in [6.45, 7) is 7.13. The van der Waals surface area contributed by atoms with Crippen LogP contribution in [0.2, 0.25) is 0 Å². The van der Waals surface area contributed by atoms with Gasteiger partial charge in [-0.05, 0) is 26.2 Å². The molecule has 0 saturated carbocycles. The smallest absolute Gasteiger partial charge is 0.330 e. The summed E-state index contributed by atoms with van der Waals surface area (Å²) >= 11 is 0. The van der Waals surface area contributed by atoms with Crippen molar-refractivity contribution in [3.05, 3.63) is 0 Å². The van der Waals surface area contributed by atoms with Crippen LogP contribution in [0.4, 0.5) is 0 Å². The van der Waals surface area contributed by atoms with E-state index < -0.39 is 17.6 Å². The summed E-state index contributed by atoms with van der Waals surface area (Å²) in [5.74, 6) is -0.483. The Hall–Kier alpha value is -1.10. The van der Waals surface area contributed by atoms with Gasteiger partial charge in [0.25, 0.3) is 0 Å². The lowest BCUT2D eigenvalue weighted by atomic mass is 10.0. The van der Waals surface area contributed by atoms with E-state index in [-0.39, 0.29) is 5.91 Å². The van der Waals surface area contributed by atoms with Gasteiger partial charge < -0.3 is 15.8 Å². The van der Waals surface area contributed by atoms with Gasteiger partial charge in [0.05, 0.1) is 13.2 Å². The van der Waals surface area contributed by atoms with Gasteiger partial charge in [0, 0.05) is 0 Å². The quantitative estimate of drug-likeness (QED) is 0.671. The van der Waals surface area contributed by atoms with Gasteiger partial charge in [-0.2, -0.15) is 0 Å². The molecule has 0 fully saturated rings. The van der Waals surface area contributed by atoms with E-state index in [1.54, 1.807) is 13.8 Å². The molecule has 16 heavy (non-hydrogen) atoms. The van der Waals surface area contributed by atoms with Gasteiger partial charge in [-0.3, -0.25) is 4.79 Å². The molecule has 0 heterocycles. The molecule has 0 aliphatic rings. The summed E-state index contributed by atoms with van der Waals surface area (Å²) in [5, 5.41) is 2.57. The van der Waals surface area contributed by atoms with E-state index >= 15 is 0 Å². The molecule has 0 bridgehead atoms. The Bertz CT molecular complexity index is 262. The molecular formula is C11H22N2O3. The summed E-state index contributed by atoms with van der Waals surface area (Å²) in [6.07, 6.45) is 0.586. The second-order valence-corrected chi connectivity index (χ2v) is 4.84. The number of ether oxygens (including phenoxy) is 1. The first kappa shape index (κ1) is 14.9. The van der Waals surface area contributed by atoms with Crippen molar-refractivity contribution in [2.75, 3.05) is 7.11 Å². The van der Waals surface area contributed by atoms with Crippen LogP contribution in [0.3, 0.4) is 0 Å². The lowest BCUT2D eigenvalue weighted by Gasteiger charge is -2.25. The molecule has 94 valence electrons. The van der Waals surface area contributed by atoms with Crippen LogP contribution in [-0.4, -0.2) is 30.6 Å². The fourth-order valence-corrected chi connectivity index (χ4v) is 1.32. The van der Waals surface area contributed by atoms with Crippen LogP contribution in [-0.2, 0) is 14.3 Å². The van der Waals surface area contributed by atoms with E-state index in [2.05, 4.69) is 10.1 Å². The summed E-state index contributed by atoms with van der Waals surface area (Å²) in [6, 6.07) is -0.594. The third-order valence-electron chi connectivity index (χ3n) is 2.19. The molecule has 3 N–H and O–H groups in total. The highest BCUT2D eigenvalue weighted by atomic mass is 16.5. The van der Waals surface area contributed by atoms with Gasteiger partial charge in [0.1, 0.15) is 5.54 Å². The maximum atomic E-state index is 11.7. The first-order chi connectivity index (χ1) is 7.20. The lowest BCUT2D eigenvalue weighted by Crippen LogP contribution is -2.55. The van der Waals surface area contributed by atoms with E-state index in [1.807, 2.05) is 13.8 Å². The van der Waals surface area contributed by atoms with Crippen molar-refractivity contribution in [3.63, 3.8) is 0 Å². The molecule has 0 spiro atoms. The van der Waals surface area contributed by atoms with Crippen molar-refractivity contribution in [1.82, 2.24) is 5.32 Å². The molecule has 0 aromatic rings. The second-order valence-electron chi connectivity index (χ2n) is 4.84. The van der Waals surface area contributed by atoms with Crippen molar-refractivity contribution in [2.24, 2.45) is 11.7 Å². The Morgan fingerprint density at radius 2 is 1.88 bits per heavy atom. The Kier molecular flexibility index (Phi) is 5.44. The molecule has 0 aromatic carbocycles. The highest BCUT2D eigenvalue weighted by Crippen LogP contribution is 2.07. The van der Waals surface area contributed by atoms with Crippen LogP contribution in [0, 0.1) is 5.92 Å². The summed E-state index contributed by atoms with van der Waals surface area (Å²) in [5.41, 5.74) is 4.66. The summed E-state index contributed by atoms with van der Waals surface area (Å²) < 4.78 is 4.58. The largest absolute Gasteiger partial charge is 0.467 e. The summed E-state index contributed by atoms with van der Waals surface area (Å²) in [7, 11) is 1.28. The van der Waals surface area contributed by atoms with Crippen molar-refractivity contribution in [1.29, 1.82) is 0 Å². The van der Waals surface area contributed by atoms with Gasteiger partial charge in [-0.15, -0.1) is 0 Å². The van der Waals surface area contributed by atoms with Crippen molar-refractivity contribution in [3.8, 4) is 0 Å². The van der Waals surface area contributed by atoms with E-state index in [1.165, 1.54) is 7.11 Å². The van der Waals surface area contributed by atoms with Crippen molar-refractivity contribution in [2.45, 2.75) is 45.7 Å². The van der Waals surface area contributed by atoms with Crippen LogP contribution in [0.25, 0.3) is 0 Å². The molecule has 1 atom stereocenters. The molecule has 5 nitrogen and oxygen atoms in total. The van der Waals surface area contributed by atoms with E-state index in [4.69, 9.17) is 5.73 Å². The number of carbonyl (C=O) groups excluding carboxylic acids is 2. The number of amides is 1. The number of carbonyl (C=O) groups is 2. The number of hydrogen-bond donors (Lipinski definition) is 2. The third-order valence-corrected chi connectivity index (χ3v) is 2.19. The Morgan fingerprint density at radius 3 is 2.25 bits per heavy atom. The number of nitrogens with one attached hydrogen (secondary N) is 1. The molecule has 5 heteroatoms. The number of esters is 1. The molecule has 0 rings (SSSR count). The average molecular weight is 230 g/mol. The maximum absolute atomic E-state index is 11.7. The SMILES string of the molecule is COC(=O)C(C)(C)NC(=O)[C@@H](N)CC(C)C. The van der Waals surface area contributed by atoms with Crippen LogP contribution >= 0.6 is 0 Å². The maximum Gasteiger partial charge on any atom is 0.330 e. The third kappa shape index (κ3) is 4.61. The monoisotopic (exact) mass is 230 g/mol. The van der Waals surface area contributed by atoms with Crippen LogP contribution in [0.1, 0.15) is 34.1 Å². The zero-order valence-electron chi connectivity index (χ0n) is 10.7. The van der Waals surface area contributed by atoms with Crippen molar-refractivity contribution < 1.29 is 14.3 Å². The zero-order valence-corrected chi connectivity index (χ0v) is 10.7. The second kappa shape index (κ2) is 5.84. The van der Waals surface area contributed by atoms with Crippen molar-refractivity contribution >= 4 is 11.9 Å². The zero-order chi connectivity index (χ0) is 12.9. The number of hydrogen-bond acceptors (Lipinski definition) is 4. The van der Waals surface area contributed by atoms with Crippen LogP contribution < -0.4 is 11.1 Å². The molecule has 0 unspecified atom stereocenters. The predicted octanol–water partition coefficient (Wildman–Crippen LogP) is 0.428. The Balaban J connectivity index is 4.38. The summed E-state index contributed by atoms with van der Waals surface area (Å²) in [4.78, 5) is 23.0. The molecule has 1 amide bonds. The Labute approximate surface area is 96.7 Å². The van der Waals surface area contributed by atoms with Gasteiger partial charge in [0.15, 0.2) is 0 Å². The van der Waals surface area contributed by atoms with Crippen LogP contribution in [0.5, 0.6) is 0 Å². The Morgan fingerprint density at radius 1 is 1.38 bits per heavy atom. The molecule has 0 radical (unpaired) electrons. The average Bonchev–Trinajstić information content (AvgIpc) is 2.14. The number of methoxy groups -OCH3 is 1. The first-order valence-corrected chi connectivity index (χ1v) is 5.36. The topological polar surface area (TPSA) is 81.4 Å². The normalized spacial score (nSPS) is 13.4. The van der Waals surface area contributed by atoms with Gasteiger partial charge in [-0.1, -0.05) is 13.8 Å². The van der Waals surface area contributed by atoms with Gasteiger partial charge in [-0.25, -0.2) is 4.79 Å². The molecule has 0 aliphatic carbocycles. The minimum Gasteiger partial charge on any atom is -0.467 e. The highest BCUT2D eigenvalue weighted by Gasteiger charge is 2.32.